The average molecular weight is 555 g/mol. The fourth-order valence-electron chi connectivity index (χ4n) is 4.37. The predicted molar refractivity (Wildman–Crippen MR) is 128 cm³/mol. The summed E-state index contributed by atoms with van der Waals surface area (Å²) in [5, 5.41) is 20.2. The van der Waals surface area contributed by atoms with Gasteiger partial charge in [-0.15, -0.1) is 0 Å². The maximum absolute atomic E-state index is 13.1. The Morgan fingerprint density at radius 3 is 2.58 bits per heavy atom. The van der Waals surface area contributed by atoms with Crippen molar-refractivity contribution in [2.45, 2.75) is 49.7 Å². The zero-order chi connectivity index (χ0) is 27.2. The van der Waals surface area contributed by atoms with E-state index in [1.54, 1.807) is 0 Å². The summed E-state index contributed by atoms with van der Waals surface area (Å²) in [5.74, 6) is -0.295. The summed E-state index contributed by atoms with van der Waals surface area (Å²) in [4.78, 5) is 41.9. The minimum Gasteiger partial charge on any atom is -0.394 e. The molecule has 0 bridgehead atoms. The molecule has 2 aliphatic rings. The number of aromatic amines is 1. The summed E-state index contributed by atoms with van der Waals surface area (Å²) in [7, 11) is -3.76. The van der Waals surface area contributed by atoms with Gasteiger partial charge in [-0.1, -0.05) is 0 Å². The molecule has 0 aromatic carbocycles. The van der Waals surface area contributed by atoms with E-state index in [0.29, 0.717) is 0 Å². The highest BCUT2D eigenvalue weighted by atomic mass is 31.2. The van der Waals surface area contributed by atoms with Crippen molar-refractivity contribution in [2.24, 2.45) is 0 Å². The van der Waals surface area contributed by atoms with Crippen molar-refractivity contribution in [1.29, 1.82) is 0 Å². The van der Waals surface area contributed by atoms with Gasteiger partial charge in [0.15, 0.2) is 11.2 Å². The standard InChI is InChI=1S/C19H26N9O9P/c1-38(33,37-9-3-13(35-10(9)4-29)28-7-23-17(20)26-19(28)32)34-5-11-8(30)2-12(36-11)27-6-22-14-15(27)24-18(21)25-16(14)31/h6-13,29-30H,2-5H2,1H3,(H2,20,26,32)(H3,21,24,25,31)/t8-,9-,10-,11-,12-,13-,38?/m1/s1. The Labute approximate surface area is 213 Å². The first kappa shape index (κ1) is 26.4. The number of hydrogen-bond acceptors (Lipinski definition) is 15. The van der Waals surface area contributed by atoms with Gasteiger partial charge < -0.3 is 40.2 Å². The maximum atomic E-state index is 13.1. The van der Waals surface area contributed by atoms with E-state index in [4.69, 9.17) is 30.0 Å². The van der Waals surface area contributed by atoms with Gasteiger partial charge in [-0.05, 0) is 0 Å². The average Bonchev–Trinajstić information content (AvgIpc) is 3.54. The number of ether oxygens (including phenoxy) is 2. The third-order valence-corrected chi connectivity index (χ3v) is 7.45. The Balaban J connectivity index is 1.22. The number of aliphatic hydroxyl groups excluding tert-OH is 2. The van der Waals surface area contributed by atoms with Gasteiger partial charge in [0.2, 0.25) is 11.9 Å². The quantitative estimate of drug-likeness (QED) is 0.190. The van der Waals surface area contributed by atoms with Gasteiger partial charge in [0.1, 0.15) is 31.0 Å². The number of H-pyrrole nitrogens is 1. The van der Waals surface area contributed by atoms with Crippen LogP contribution in [0.4, 0.5) is 11.9 Å². The van der Waals surface area contributed by atoms with E-state index in [-0.39, 0.29) is 42.5 Å². The van der Waals surface area contributed by atoms with Gasteiger partial charge in [-0.3, -0.25) is 23.5 Å². The molecular formula is C19H26N9O9P. The number of imidazole rings is 1. The van der Waals surface area contributed by atoms with Crippen molar-refractivity contribution >= 4 is 30.7 Å². The van der Waals surface area contributed by atoms with Gasteiger partial charge >= 0.3 is 13.3 Å². The van der Waals surface area contributed by atoms with Crippen molar-refractivity contribution in [1.82, 2.24) is 34.1 Å². The third kappa shape index (κ3) is 5.19. The van der Waals surface area contributed by atoms with Gasteiger partial charge in [0.25, 0.3) is 5.56 Å². The fraction of sp³-hybridized carbons (Fsp3) is 0.579. The van der Waals surface area contributed by atoms with Crippen LogP contribution in [0.15, 0.2) is 22.2 Å². The van der Waals surface area contributed by atoms with Crippen LogP contribution in [0.1, 0.15) is 25.3 Å². The number of nitrogens with zero attached hydrogens (tertiary/aromatic N) is 6. The Morgan fingerprint density at radius 1 is 1.13 bits per heavy atom. The van der Waals surface area contributed by atoms with Crippen molar-refractivity contribution in [3.05, 3.63) is 33.5 Å². The zero-order valence-corrected chi connectivity index (χ0v) is 20.9. The van der Waals surface area contributed by atoms with E-state index < -0.39 is 62.3 Å². The molecule has 19 heteroatoms. The molecule has 7 atom stereocenters. The minimum atomic E-state index is -3.76. The van der Waals surface area contributed by atoms with E-state index in [1.807, 2.05) is 0 Å². The number of aromatic nitrogens is 7. The van der Waals surface area contributed by atoms with Crippen LogP contribution in [-0.2, 0) is 23.1 Å². The molecular weight excluding hydrogens is 529 g/mol. The van der Waals surface area contributed by atoms with Crippen LogP contribution >= 0.6 is 7.60 Å². The molecule has 1 unspecified atom stereocenters. The highest BCUT2D eigenvalue weighted by Crippen LogP contribution is 2.49. The summed E-state index contributed by atoms with van der Waals surface area (Å²) < 4.78 is 38.3. The first-order valence-electron chi connectivity index (χ1n) is 11.5. The van der Waals surface area contributed by atoms with Crippen LogP contribution in [0.25, 0.3) is 11.2 Å². The van der Waals surface area contributed by atoms with Crippen LogP contribution < -0.4 is 22.7 Å². The lowest BCUT2D eigenvalue weighted by atomic mass is 10.2. The van der Waals surface area contributed by atoms with E-state index in [0.717, 1.165) is 10.9 Å². The summed E-state index contributed by atoms with van der Waals surface area (Å²) in [5.41, 5.74) is 10.1. The van der Waals surface area contributed by atoms with Crippen LogP contribution in [0.2, 0.25) is 0 Å². The van der Waals surface area contributed by atoms with E-state index in [2.05, 4.69) is 24.9 Å². The number of nitrogens with one attached hydrogen (secondary N) is 1. The lowest BCUT2D eigenvalue weighted by molar-refractivity contribution is -0.0511. The molecule has 0 aliphatic carbocycles. The summed E-state index contributed by atoms with van der Waals surface area (Å²) in [6.45, 7) is 0.465. The molecule has 38 heavy (non-hydrogen) atoms. The molecule has 0 spiro atoms. The number of aliphatic hydroxyl groups is 2. The largest absolute Gasteiger partial charge is 0.394 e. The molecule has 5 heterocycles. The maximum Gasteiger partial charge on any atom is 0.354 e. The normalized spacial score (nSPS) is 29.1. The Bertz CT molecular complexity index is 1490. The number of hydrogen-bond donors (Lipinski definition) is 5. The lowest BCUT2D eigenvalue weighted by Crippen LogP contribution is -2.29. The summed E-state index contributed by atoms with van der Waals surface area (Å²) in [6, 6.07) is 0. The second kappa shape index (κ2) is 10.1. The smallest absolute Gasteiger partial charge is 0.354 e. The molecule has 2 aliphatic heterocycles. The molecule has 0 amide bonds. The first-order chi connectivity index (χ1) is 18.0. The lowest BCUT2D eigenvalue weighted by Gasteiger charge is -2.23. The molecule has 7 N–H and O–H groups in total. The predicted octanol–water partition coefficient (Wildman–Crippen LogP) is -1.91. The van der Waals surface area contributed by atoms with Crippen molar-refractivity contribution in [3.63, 3.8) is 0 Å². The topological polar surface area (TPSA) is 258 Å². The van der Waals surface area contributed by atoms with Gasteiger partial charge in [0, 0.05) is 19.5 Å². The highest BCUT2D eigenvalue weighted by Gasteiger charge is 2.42. The molecule has 0 radical (unpaired) electrons. The fourth-order valence-corrected chi connectivity index (χ4v) is 5.57. The Kier molecular flexibility index (Phi) is 7.03. The molecule has 0 saturated carbocycles. The first-order valence-corrected chi connectivity index (χ1v) is 13.5. The van der Waals surface area contributed by atoms with Gasteiger partial charge in [-0.2, -0.15) is 9.97 Å². The molecule has 3 aromatic rings. The van der Waals surface area contributed by atoms with Crippen LogP contribution in [0.5, 0.6) is 0 Å². The van der Waals surface area contributed by atoms with E-state index in [1.165, 1.54) is 17.6 Å². The molecule has 3 aromatic heterocycles. The molecule has 2 fully saturated rings. The van der Waals surface area contributed by atoms with Crippen molar-refractivity contribution in [2.75, 3.05) is 31.3 Å². The second-order valence-electron chi connectivity index (χ2n) is 8.87. The van der Waals surface area contributed by atoms with E-state index >= 15 is 0 Å². The van der Waals surface area contributed by atoms with Crippen LogP contribution in [0.3, 0.4) is 0 Å². The SMILES string of the molecule is CP(=O)(OC[C@H]1O[C@@H](n2cnc3c(=O)[nH]c(N)nc32)C[C@H]1O)O[C@@H]1C[C@H](n2cnc(N)nc2=O)O[C@@H]1CO. The number of fused-ring (bicyclic) bond motifs is 1. The molecule has 18 nitrogen and oxygen atoms in total. The zero-order valence-electron chi connectivity index (χ0n) is 20.0. The molecule has 5 rings (SSSR count). The Morgan fingerprint density at radius 2 is 1.84 bits per heavy atom. The van der Waals surface area contributed by atoms with Gasteiger partial charge in [-0.25, -0.2) is 14.8 Å². The minimum absolute atomic E-state index is 0.0488. The number of nitrogens with two attached hydrogens (primary N) is 2. The molecule has 2 saturated heterocycles. The number of rotatable bonds is 8. The van der Waals surface area contributed by atoms with Crippen LogP contribution in [0, 0.1) is 0 Å². The monoisotopic (exact) mass is 555 g/mol. The van der Waals surface area contributed by atoms with Crippen LogP contribution in [-0.4, -0.2) is 88.6 Å². The highest BCUT2D eigenvalue weighted by molar-refractivity contribution is 7.53. The third-order valence-electron chi connectivity index (χ3n) is 6.18. The summed E-state index contributed by atoms with van der Waals surface area (Å²) in [6.07, 6.45) is -2.63. The number of nitrogen functional groups attached to an aromatic ring is 2. The van der Waals surface area contributed by atoms with E-state index in [9.17, 15) is 24.4 Å². The van der Waals surface area contributed by atoms with Crippen molar-refractivity contribution < 1.29 is 33.3 Å². The summed E-state index contributed by atoms with van der Waals surface area (Å²) >= 11 is 0. The second-order valence-corrected chi connectivity index (χ2v) is 10.9. The van der Waals surface area contributed by atoms with Crippen molar-refractivity contribution in [3.8, 4) is 0 Å². The van der Waals surface area contributed by atoms with Gasteiger partial charge in [0.05, 0.1) is 31.7 Å². The molecule has 206 valence electrons. The Hall–Kier alpha value is -3.25. The number of anilines is 2.